The van der Waals surface area contributed by atoms with E-state index in [0.29, 0.717) is 42.5 Å². The van der Waals surface area contributed by atoms with Crippen molar-refractivity contribution in [1.82, 2.24) is 9.78 Å². The molecular formula is C23H20ClF3N4O2. The van der Waals surface area contributed by atoms with Crippen molar-refractivity contribution in [1.29, 1.82) is 0 Å². The van der Waals surface area contributed by atoms with Crippen LogP contribution in [0.3, 0.4) is 0 Å². The predicted molar refractivity (Wildman–Crippen MR) is 120 cm³/mol. The lowest BCUT2D eigenvalue weighted by molar-refractivity contribution is -0.137. The summed E-state index contributed by atoms with van der Waals surface area (Å²) in [6.07, 6.45) is -3.20. The Morgan fingerprint density at radius 1 is 1.09 bits per heavy atom. The van der Waals surface area contributed by atoms with Gasteiger partial charge in [-0.25, -0.2) is 0 Å². The number of carbonyl (C=O) groups excluding carboxylic acids is 1. The van der Waals surface area contributed by atoms with Crippen LogP contribution >= 0.6 is 11.6 Å². The average Bonchev–Trinajstić information content (AvgIpc) is 2.79. The summed E-state index contributed by atoms with van der Waals surface area (Å²) in [5.41, 5.74) is -0.528. The van der Waals surface area contributed by atoms with Crippen LogP contribution in [0.25, 0.3) is 5.69 Å². The third kappa shape index (κ3) is 5.36. The molecule has 2 aromatic carbocycles. The van der Waals surface area contributed by atoms with E-state index in [0.717, 1.165) is 12.1 Å². The lowest BCUT2D eigenvalue weighted by Crippen LogP contribution is -2.41. The molecule has 1 N–H and O–H groups in total. The monoisotopic (exact) mass is 476 g/mol. The van der Waals surface area contributed by atoms with Crippen LogP contribution in [0.1, 0.15) is 18.4 Å². The standard InChI is InChI=1S/C23H20ClF3N4O2/c24-17-6-2-8-19(13-17)31-21(32)10-9-20(29-31)30-11-3-4-15(14-30)22(33)28-18-7-1-5-16(12-18)23(25,26)27/h1-2,5-10,12-13,15H,3-4,11,14H2,(H,28,33). The van der Waals surface area contributed by atoms with Gasteiger partial charge in [-0.3, -0.25) is 9.59 Å². The number of hydrogen-bond acceptors (Lipinski definition) is 4. The molecule has 172 valence electrons. The van der Waals surface area contributed by atoms with Gasteiger partial charge in [0.1, 0.15) is 5.82 Å². The third-order valence-electron chi connectivity index (χ3n) is 5.41. The molecule has 1 aliphatic rings. The lowest BCUT2D eigenvalue weighted by Gasteiger charge is -2.33. The Kier molecular flexibility index (Phi) is 6.42. The van der Waals surface area contributed by atoms with Crippen LogP contribution in [0.5, 0.6) is 0 Å². The summed E-state index contributed by atoms with van der Waals surface area (Å²) in [5, 5.41) is 7.50. The molecular weight excluding hydrogens is 457 g/mol. The van der Waals surface area contributed by atoms with Crippen LogP contribution in [0.15, 0.2) is 65.5 Å². The average molecular weight is 477 g/mol. The number of carbonyl (C=O) groups is 1. The minimum atomic E-state index is -4.49. The van der Waals surface area contributed by atoms with E-state index in [1.54, 1.807) is 30.3 Å². The largest absolute Gasteiger partial charge is 0.416 e. The highest BCUT2D eigenvalue weighted by Crippen LogP contribution is 2.31. The van der Waals surface area contributed by atoms with Gasteiger partial charge < -0.3 is 10.2 Å². The minimum absolute atomic E-state index is 0.0968. The number of piperidine rings is 1. The van der Waals surface area contributed by atoms with Crippen molar-refractivity contribution in [2.75, 3.05) is 23.3 Å². The van der Waals surface area contributed by atoms with E-state index in [-0.39, 0.29) is 17.2 Å². The van der Waals surface area contributed by atoms with Crippen LogP contribution in [0.2, 0.25) is 5.02 Å². The first-order valence-corrected chi connectivity index (χ1v) is 10.7. The summed E-state index contributed by atoms with van der Waals surface area (Å²) in [5.74, 6) is -0.282. The van der Waals surface area contributed by atoms with Gasteiger partial charge in [0.05, 0.1) is 17.2 Å². The summed E-state index contributed by atoms with van der Waals surface area (Å²) in [6.45, 7) is 0.958. The Balaban J connectivity index is 1.50. The van der Waals surface area contributed by atoms with Crippen molar-refractivity contribution in [2.45, 2.75) is 19.0 Å². The molecule has 3 aromatic rings. The number of nitrogens with one attached hydrogen (secondary N) is 1. The highest BCUT2D eigenvalue weighted by Gasteiger charge is 2.31. The Morgan fingerprint density at radius 2 is 1.88 bits per heavy atom. The second-order valence-corrected chi connectivity index (χ2v) is 8.21. The van der Waals surface area contributed by atoms with E-state index in [1.165, 1.54) is 22.9 Å². The molecule has 0 spiro atoms. The molecule has 0 aliphatic carbocycles. The fraction of sp³-hybridized carbons (Fsp3) is 0.261. The maximum absolute atomic E-state index is 12.9. The first-order chi connectivity index (χ1) is 15.7. The number of nitrogens with zero attached hydrogens (tertiary/aromatic N) is 3. The molecule has 1 amide bonds. The van der Waals surface area contributed by atoms with Gasteiger partial charge in [-0.2, -0.15) is 17.9 Å². The quantitative estimate of drug-likeness (QED) is 0.589. The zero-order valence-corrected chi connectivity index (χ0v) is 18.1. The first-order valence-electron chi connectivity index (χ1n) is 10.3. The normalized spacial score (nSPS) is 16.5. The number of halogens is 4. The number of benzene rings is 2. The Bertz CT molecular complexity index is 1230. The second kappa shape index (κ2) is 9.27. The van der Waals surface area contributed by atoms with Crippen molar-refractivity contribution in [3.63, 3.8) is 0 Å². The van der Waals surface area contributed by atoms with E-state index in [9.17, 15) is 22.8 Å². The van der Waals surface area contributed by atoms with E-state index >= 15 is 0 Å². The van der Waals surface area contributed by atoms with Crippen LogP contribution in [0.4, 0.5) is 24.7 Å². The Morgan fingerprint density at radius 3 is 2.64 bits per heavy atom. The van der Waals surface area contributed by atoms with Gasteiger partial charge in [0, 0.05) is 29.9 Å². The zero-order valence-electron chi connectivity index (χ0n) is 17.3. The summed E-state index contributed by atoms with van der Waals surface area (Å²) in [4.78, 5) is 27.0. The van der Waals surface area contributed by atoms with E-state index in [2.05, 4.69) is 10.4 Å². The maximum atomic E-state index is 12.9. The highest BCUT2D eigenvalue weighted by atomic mass is 35.5. The molecule has 0 saturated carbocycles. The van der Waals surface area contributed by atoms with Gasteiger partial charge in [0.2, 0.25) is 5.91 Å². The fourth-order valence-electron chi connectivity index (χ4n) is 3.78. The molecule has 1 fully saturated rings. The number of anilines is 2. The summed E-state index contributed by atoms with van der Waals surface area (Å²) in [6, 6.07) is 14.3. The topological polar surface area (TPSA) is 67.2 Å². The van der Waals surface area contributed by atoms with Gasteiger partial charge in [-0.05, 0) is 55.3 Å². The number of amides is 1. The molecule has 1 atom stereocenters. The Hall–Kier alpha value is -3.33. The molecule has 1 aliphatic heterocycles. The van der Waals surface area contributed by atoms with Gasteiger partial charge in [-0.15, -0.1) is 5.10 Å². The van der Waals surface area contributed by atoms with Gasteiger partial charge >= 0.3 is 6.18 Å². The molecule has 4 rings (SSSR count). The second-order valence-electron chi connectivity index (χ2n) is 7.77. The number of aromatic nitrogens is 2. The van der Waals surface area contributed by atoms with Crippen molar-refractivity contribution in [2.24, 2.45) is 5.92 Å². The number of hydrogen-bond donors (Lipinski definition) is 1. The molecule has 1 saturated heterocycles. The van der Waals surface area contributed by atoms with Gasteiger partial charge in [0.15, 0.2) is 0 Å². The summed E-state index contributed by atoms with van der Waals surface area (Å²) in [7, 11) is 0. The van der Waals surface area contributed by atoms with Crippen LogP contribution in [-0.4, -0.2) is 28.8 Å². The molecule has 0 bridgehead atoms. The van der Waals surface area contributed by atoms with E-state index in [4.69, 9.17) is 11.6 Å². The third-order valence-corrected chi connectivity index (χ3v) is 5.65. The maximum Gasteiger partial charge on any atom is 0.416 e. The minimum Gasteiger partial charge on any atom is -0.354 e. The highest BCUT2D eigenvalue weighted by molar-refractivity contribution is 6.30. The molecule has 6 nitrogen and oxygen atoms in total. The van der Waals surface area contributed by atoms with Gasteiger partial charge in [0.25, 0.3) is 5.56 Å². The summed E-state index contributed by atoms with van der Waals surface area (Å²) >= 11 is 6.03. The zero-order chi connectivity index (χ0) is 23.6. The lowest BCUT2D eigenvalue weighted by atomic mass is 9.97. The van der Waals surface area contributed by atoms with Crippen molar-refractivity contribution >= 4 is 29.0 Å². The first kappa shape index (κ1) is 22.8. The van der Waals surface area contributed by atoms with Gasteiger partial charge in [-0.1, -0.05) is 23.7 Å². The molecule has 2 heterocycles. The van der Waals surface area contributed by atoms with Crippen molar-refractivity contribution < 1.29 is 18.0 Å². The molecule has 1 aromatic heterocycles. The molecule has 10 heteroatoms. The SMILES string of the molecule is O=C(Nc1cccc(C(F)(F)F)c1)C1CCCN(c2ccc(=O)n(-c3cccc(Cl)c3)n2)C1. The van der Waals surface area contributed by atoms with E-state index in [1.807, 2.05) is 4.90 Å². The number of alkyl halides is 3. The smallest absolute Gasteiger partial charge is 0.354 e. The molecule has 1 unspecified atom stereocenters. The van der Waals surface area contributed by atoms with Crippen LogP contribution < -0.4 is 15.8 Å². The number of rotatable bonds is 4. The predicted octanol–water partition coefficient (Wildman–Crippen LogP) is 4.76. The van der Waals surface area contributed by atoms with Crippen molar-refractivity contribution in [3.8, 4) is 5.69 Å². The van der Waals surface area contributed by atoms with E-state index < -0.39 is 17.7 Å². The molecule has 0 radical (unpaired) electrons. The van der Waals surface area contributed by atoms with Crippen molar-refractivity contribution in [3.05, 3.63) is 81.6 Å². The van der Waals surface area contributed by atoms with Crippen LogP contribution in [0, 0.1) is 5.92 Å². The molecule has 33 heavy (non-hydrogen) atoms. The fourth-order valence-corrected chi connectivity index (χ4v) is 3.96. The van der Waals surface area contributed by atoms with Crippen LogP contribution in [-0.2, 0) is 11.0 Å². The summed E-state index contributed by atoms with van der Waals surface area (Å²) < 4.78 is 40.1. The Labute approximate surface area is 192 Å².